The number of benzene rings is 2. The number of nitrogens with zero attached hydrogens (tertiary/aromatic N) is 3. The van der Waals surface area contributed by atoms with Gasteiger partial charge in [0.05, 0.1) is 30.1 Å². The molecule has 2 aromatic carbocycles. The lowest BCUT2D eigenvalue weighted by Gasteiger charge is -2.27. The van der Waals surface area contributed by atoms with Crippen molar-refractivity contribution >= 4 is 34.7 Å². The highest BCUT2D eigenvalue weighted by molar-refractivity contribution is 6.20. The number of Topliss-reactive ketones (excluding diaryl/α,β-unsaturated/α-hetero) is 1. The Morgan fingerprint density at radius 2 is 1.81 bits per heavy atom. The van der Waals surface area contributed by atoms with Gasteiger partial charge in [0.15, 0.2) is 5.78 Å². The zero-order chi connectivity index (χ0) is 26.6. The van der Waals surface area contributed by atoms with Crippen molar-refractivity contribution in [2.75, 3.05) is 16.8 Å². The van der Waals surface area contributed by atoms with Crippen LogP contribution in [0.15, 0.2) is 77.9 Å². The number of amides is 2. The van der Waals surface area contributed by atoms with Crippen LogP contribution >= 0.6 is 0 Å². The van der Waals surface area contributed by atoms with Gasteiger partial charge in [0.1, 0.15) is 11.6 Å². The van der Waals surface area contributed by atoms with Crippen LogP contribution in [0.25, 0.3) is 0 Å². The molecule has 0 aliphatic carbocycles. The van der Waals surface area contributed by atoms with Crippen LogP contribution in [0.5, 0.6) is 0 Å². The zero-order valence-electron chi connectivity index (χ0n) is 21.1. The Morgan fingerprint density at radius 1 is 1.05 bits per heavy atom. The number of pyridine rings is 1. The van der Waals surface area contributed by atoms with E-state index in [4.69, 9.17) is 4.99 Å². The molecule has 0 bridgehead atoms. The molecule has 1 aliphatic rings. The van der Waals surface area contributed by atoms with Crippen molar-refractivity contribution < 1.29 is 19.5 Å². The minimum Gasteiger partial charge on any atom is -0.383 e. The number of fused-ring (bicyclic) bond motifs is 1. The van der Waals surface area contributed by atoms with Crippen molar-refractivity contribution in [3.05, 3.63) is 89.7 Å². The Hall–Kier alpha value is -4.17. The van der Waals surface area contributed by atoms with E-state index < -0.39 is 23.3 Å². The molecule has 1 aromatic heterocycles. The Morgan fingerprint density at radius 3 is 2.51 bits per heavy atom. The van der Waals surface area contributed by atoms with Gasteiger partial charge in [-0.05, 0) is 56.2 Å². The van der Waals surface area contributed by atoms with Crippen molar-refractivity contribution in [3.63, 3.8) is 0 Å². The fourth-order valence-corrected chi connectivity index (χ4v) is 4.09. The normalized spacial score (nSPS) is 15.5. The van der Waals surface area contributed by atoms with Crippen LogP contribution in [0.2, 0.25) is 0 Å². The molecule has 2 heterocycles. The van der Waals surface area contributed by atoms with Gasteiger partial charge in [-0.3, -0.25) is 24.4 Å². The number of aliphatic imine (C=N–C) groups is 1. The third kappa shape index (κ3) is 5.98. The molecule has 0 fully saturated rings. The van der Waals surface area contributed by atoms with Gasteiger partial charge >= 0.3 is 0 Å². The molecular formula is C29H30N4O4. The highest BCUT2D eigenvalue weighted by Gasteiger charge is 2.36. The van der Waals surface area contributed by atoms with Gasteiger partial charge in [-0.2, -0.15) is 0 Å². The molecule has 2 N–H and O–H groups in total. The topological polar surface area (TPSA) is 112 Å². The van der Waals surface area contributed by atoms with Crippen LogP contribution in [-0.4, -0.2) is 51.6 Å². The van der Waals surface area contributed by atoms with Gasteiger partial charge in [0.2, 0.25) is 5.91 Å². The standard InChI is InChI=1S/C29H30N4O4/c1-4-19-10-9-11-20(16-19)31-26(35)17-23-28(36)33(18-25(34)29(2,3)37)24-14-6-5-12-21(24)27(32-23)22-13-7-8-15-30-22/h5-16,23,37H,4,17-18H2,1-3H3,(H,31,35)/t23-/m0/s1. The summed E-state index contributed by atoms with van der Waals surface area (Å²) in [5.41, 5.74) is 2.14. The summed E-state index contributed by atoms with van der Waals surface area (Å²) in [6.07, 6.45) is 2.23. The van der Waals surface area contributed by atoms with Crippen molar-refractivity contribution in [2.24, 2.45) is 4.99 Å². The summed E-state index contributed by atoms with van der Waals surface area (Å²) < 4.78 is 0. The zero-order valence-corrected chi connectivity index (χ0v) is 21.1. The van der Waals surface area contributed by atoms with E-state index in [-0.39, 0.29) is 18.9 Å². The Kier molecular flexibility index (Phi) is 7.59. The lowest BCUT2D eigenvalue weighted by atomic mass is 10.0. The fourth-order valence-electron chi connectivity index (χ4n) is 4.09. The smallest absolute Gasteiger partial charge is 0.252 e. The first-order valence-electron chi connectivity index (χ1n) is 12.2. The van der Waals surface area contributed by atoms with E-state index in [0.29, 0.717) is 28.3 Å². The molecule has 2 amide bonds. The third-order valence-electron chi connectivity index (χ3n) is 6.18. The largest absolute Gasteiger partial charge is 0.383 e. The van der Waals surface area contributed by atoms with Gasteiger partial charge in [0, 0.05) is 17.4 Å². The molecule has 3 aromatic rings. The fraction of sp³-hybridized carbons (Fsp3) is 0.276. The van der Waals surface area contributed by atoms with Crippen molar-refractivity contribution in [3.8, 4) is 0 Å². The van der Waals surface area contributed by atoms with Crippen LogP contribution < -0.4 is 10.2 Å². The molecule has 0 radical (unpaired) electrons. The van der Waals surface area contributed by atoms with Gasteiger partial charge < -0.3 is 15.3 Å². The maximum absolute atomic E-state index is 13.8. The number of carbonyl (C=O) groups is 3. The number of para-hydroxylation sites is 1. The van der Waals surface area contributed by atoms with Crippen molar-refractivity contribution in [2.45, 2.75) is 45.3 Å². The summed E-state index contributed by atoms with van der Waals surface area (Å²) in [7, 11) is 0. The molecule has 4 rings (SSSR count). The van der Waals surface area contributed by atoms with E-state index in [1.54, 1.807) is 42.6 Å². The molecule has 0 saturated heterocycles. The highest BCUT2D eigenvalue weighted by Crippen LogP contribution is 2.29. The molecule has 37 heavy (non-hydrogen) atoms. The average Bonchev–Trinajstić information content (AvgIpc) is 2.99. The summed E-state index contributed by atoms with van der Waals surface area (Å²) in [6, 6.07) is 18.9. The molecular weight excluding hydrogens is 468 g/mol. The minimum atomic E-state index is -1.64. The van der Waals surface area contributed by atoms with E-state index in [9.17, 15) is 19.5 Å². The van der Waals surface area contributed by atoms with E-state index in [2.05, 4.69) is 10.3 Å². The first-order chi connectivity index (χ1) is 17.7. The highest BCUT2D eigenvalue weighted by atomic mass is 16.3. The van der Waals surface area contributed by atoms with E-state index in [0.717, 1.165) is 12.0 Å². The van der Waals surface area contributed by atoms with Gasteiger partial charge in [0.25, 0.3) is 5.91 Å². The Bertz CT molecular complexity index is 1350. The lowest BCUT2D eigenvalue weighted by molar-refractivity contribution is -0.134. The number of nitrogens with one attached hydrogen (secondary N) is 1. The van der Waals surface area contributed by atoms with Crippen molar-refractivity contribution in [1.29, 1.82) is 0 Å². The molecule has 0 spiro atoms. The third-order valence-corrected chi connectivity index (χ3v) is 6.18. The van der Waals surface area contributed by atoms with E-state index in [1.165, 1.54) is 18.7 Å². The summed E-state index contributed by atoms with van der Waals surface area (Å²) in [6.45, 7) is 4.44. The monoisotopic (exact) mass is 498 g/mol. The molecule has 8 nitrogen and oxygen atoms in total. The predicted molar refractivity (Wildman–Crippen MR) is 143 cm³/mol. The number of anilines is 2. The van der Waals surface area contributed by atoms with E-state index >= 15 is 0 Å². The van der Waals surface area contributed by atoms with Crippen LogP contribution in [-0.2, 0) is 20.8 Å². The van der Waals surface area contributed by atoms with Gasteiger partial charge in [-0.25, -0.2) is 0 Å². The number of aliphatic hydroxyl groups is 1. The summed E-state index contributed by atoms with van der Waals surface area (Å²) in [5, 5.41) is 13.1. The maximum atomic E-state index is 13.8. The molecule has 1 atom stereocenters. The lowest BCUT2D eigenvalue weighted by Crippen LogP contribution is -2.47. The number of benzodiazepines with no additional fused rings is 1. The summed E-state index contributed by atoms with van der Waals surface area (Å²) >= 11 is 0. The first-order valence-corrected chi connectivity index (χ1v) is 12.2. The number of aryl methyl sites for hydroxylation is 1. The quantitative estimate of drug-likeness (QED) is 0.493. The van der Waals surface area contributed by atoms with Crippen LogP contribution in [0.1, 0.15) is 44.0 Å². The first kappa shape index (κ1) is 25.9. The van der Waals surface area contributed by atoms with Crippen LogP contribution in [0.3, 0.4) is 0 Å². The second-order valence-corrected chi connectivity index (χ2v) is 9.44. The molecule has 0 saturated carbocycles. The van der Waals surface area contributed by atoms with Crippen molar-refractivity contribution in [1.82, 2.24) is 4.98 Å². The SMILES string of the molecule is CCc1cccc(NC(=O)C[C@@H]2N=C(c3ccccn3)c3ccccc3N(CC(=O)C(C)(C)O)C2=O)c1. The molecule has 1 aliphatic heterocycles. The Balaban J connectivity index is 1.74. The number of carbonyl (C=O) groups excluding carboxylic acids is 3. The Labute approximate surface area is 216 Å². The number of hydrogen-bond acceptors (Lipinski definition) is 6. The van der Waals surface area contributed by atoms with Crippen LogP contribution in [0.4, 0.5) is 11.4 Å². The molecule has 0 unspecified atom stereocenters. The van der Waals surface area contributed by atoms with Gasteiger partial charge in [-0.1, -0.05) is 43.3 Å². The second kappa shape index (κ2) is 10.8. The van der Waals surface area contributed by atoms with E-state index in [1.807, 2.05) is 37.3 Å². The van der Waals surface area contributed by atoms with Gasteiger partial charge in [-0.15, -0.1) is 0 Å². The number of aromatic nitrogens is 1. The number of rotatable bonds is 8. The second-order valence-electron chi connectivity index (χ2n) is 9.44. The number of hydrogen-bond donors (Lipinski definition) is 2. The molecule has 190 valence electrons. The molecule has 8 heteroatoms. The summed E-state index contributed by atoms with van der Waals surface area (Å²) in [4.78, 5) is 50.2. The summed E-state index contributed by atoms with van der Waals surface area (Å²) in [5.74, 6) is -1.42. The minimum absolute atomic E-state index is 0.229. The predicted octanol–water partition coefficient (Wildman–Crippen LogP) is 3.57. The average molecular weight is 499 g/mol. The van der Waals surface area contributed by atoms with Crippen LogP contribution in [0, 0.1) is 0 Å². The number of ketones is 1. The maximum Gasteiger partial charge on any atom is 0.252 e.